The minimum Gasteiger partial charge on any atom is -0.493 e. The Kier molecular flexibility index (Phi) is 7.48. The molecule has 0 spiro atoms. The number of carbonyl (C=O) groups excluding carboxylic acids is 2. The molecule has 0 bridgehead atoms. The van der Waals surface area contributed by atoms with E-state index in [1.807, 2.05) is 48.5 Å². The van der Waals surface area contributed by atoms with Crippen LogP contribution in [0.5, 0.6) is 11.5 Å². The lowest BCUT2D eigenvalue weighted by atomic mass is 10.1. The number of amides is 2. The Morgan fingerprint density at radius 1 is 0.946 bits per heavy atom. The van der Waals surface area contributed by atoms with Gasteiger partial charge in [-0.25, -0.2) is 4.39 Å². The highest BCUT2D eigenvalue weighted by Crippen LogP contribution is 2.38. The number of fused-ring (bicyclic) bond motifs is 1. The third-order valence-corrected chi connectivity index (χ3v) is 7.58. The Hall–Kier alpha value is -3.37. The van der Waals surface area contributed by atoms with Crippen molar-refractivity contribution in [1.82, 2.24) is 4.90 Å². The fourth-order valence-electron chi connectivity index (χ4n) is 4.01. The maximum absolute atomic E-state index is 13.2. The van der Waals surface area contributed by atoms with Gasteiger partial charge in [-0.15, -0.1) is 0 Å². The minimum atomic E-state index is -0.325. The van der Waals surface area contributed by atoms with Crippen LogP contribution >= 0.6 is 34.4 Å². The summed E-state index contributed by atoms with van der Waals surface area (Å²) in [6.45, 7) is 0.462. The second kappa shape index (κ2) is 10.9. The third kappa shape index (κ3) is 5.65. The largest absolute Gasteiger partial charge is 0.493 e. The van der Waals surface area contributed by atoms with Crippen LogP contribution in [-0.2, 0) is 17.9 Å². The van der Waals surface area contributed by atoms with Crippen LogP contribution in [0.15, 0.2) is 83.8 Å². The molecule has 5 rings (SSSR count). The number of rotatable bonds is 7. The van der Waals surface area contributed by atoms with E-state index in [0.29, 0.717) is 22.0 Å². The van der Waals surface area contributed by atoms with Gasteiger partial charge in [-0.3, -0.25) is 14.5 Å². The van der Waals surface area contributed by atoms with Gasteiger partial charge in [0.1, 0.15) is 12.4 Å². The molecule has 4 aromatic carbocycles. The first-order valence-electron chi connectivity index (χ1n) is 11.4. The van der Waals surface area contributed by atoms with Crippen molar-refractivity contribution in [3.63, 3.8) is 0 Å². The molecule has 0 radical (unpaired) electrons. The van der Waals surface area contributed by atoms with Crippen LogP contribution < -0.4 is 9.47 Å². The predicted molar refractivity (Wildman–Crippen MR) is 152 cm³/mol. The molecular formula is C29H21FINO4S. The molecule has 4 aromatic rings. The number of hydrogen-bond acceptors (Lipinski definition) is 5. The fourth-order valence-corrected chi connectivity index (χ4v) is 5.63. The maximum Gasteiger partial charge on any atom is 0.293 e. The monoisotopic (exact) mass is 625 g/mol. The van der Waals surface area contributed by atoms with E-state index in [0.717, 1.165) is 37.2 Å². The Labute approximate surface area is 231 Å². The number of methoxy groups -OCH3 is 1. The van der Waals surface area contributed by atoms with Crippen LogP contribution in [0.25, 0.3) is 16.8 Å². The molecule has 186 valence electrons. The molecule has 0 saturated carbocycles. The van der Waals surface area contributed by atoms with E-state index in [9.17, 15) is 14.0 Å². The molecule has 8 heteroatoms. The first-order valence-corrected chi connectivity index (χ1v) is 13.3. The highest BCUT2D eigenvalue weighted by atomic mass is 127. The average molecular weight is 625 g/mol. The summed E-state index contributed by atoms with van der Waals surface area (Å²) in [5.74, 6) is 0.417. The third-order valence-electron chi connectivity index (χ3n) is 5.87. The van der Waals surface area contributed by atoms with Gasteiger partial charge >= 0.3 is 0 Å². The molecule has 2 amide bonds. The van der Waals surface area contributed by atoms with Gasteiger partial charge in [-0.05, 0) is 98.2 Å². The molecule has 37 heavy (non-hydrogen) atoms. The molecular weight excluding hydrogens is 604 g/mol. The quantitative estimate of drug-likeness (QED) is 0.158. The number of ether oxygens (including phenoxy) is 2. The van der Waals surface area contributed by atoms with Crippen molar-refractivity contribution < 1.29 is 23.5 Å². The summed E-state index contributed by atoms with van der Waals surface area (Å²) in [7, 11) is 1.54. The second-order valence-corrected chi connectivity index (χ2v) is 10.6. The summed E-state index contributed by atoms with van der Waals surface area (Å²) in [6.07, 6.45) is 1.69. The van der Waals surface area contributed by atoms with Crippen molar-refractivity contribution in [3.8, 4) is 11.5 Å². The topological polar surface area (TPSA) is 55.8 Å². The lowest BCUT2D eigenvalue weighted by Gasteiger charge is -2.14. The van der Waals surface area contributed by atoms with E-state index >= 15 is 0 Å². The number of carbonyl (C=O) groups is 2. The van der Waals surface area contributed by atoms with Crippen molar-refractivity contribution in [2.45, 2.75) is 13.2 Å². The molecule has 1 heterocycles. The summed E-state index contributed by atoms with van der Waals surface area (Å²) >= 11 is 3.07. The van der Waals surface area contributed by atoms with Crippen molar-refractivity contribution in [3.05, 3.63) is 110 Å². The molecule has 0 aliphatic carbocycles. The standard InChI is InChI=1S/C29H21FINO4S/c1-35-25-14-20(13-24(31)27(25)36-17-18-7-10-23(30)11-8-18)15-26-28(33)32(29(34)37-26)16-19-6-9-21-4-2-3-5-22(21)12-19/h2-15H,16-17H2,1H3/b26-15-. The van der Waals surface area contributed by atoms with Crippen LogP contribution in [0, 0.1) is 9.39 Å². The van der Waals surface area contributed by atoms with E-state index in [2.05, 4.69) is 22.6 Å². The zero-order valence-corrected chi connectivity index (χ0v) is 22.7. The van der Waals surface area contributed by atoms with E-state index in [1.165, 1.54) is 24.1 Å². The van der Waals surface area contributed by atoms with Crippen LogP contribution in [0.4, 0.5) is 9.18 Å². The summed E-state index contributed by atoms with van der Waals surface area (Å²) in [5, 5.41) is 1.87. The zero-order valence-electron chi connectivity index (χ0n) is 19.7. The van der Waals surface area contributed by atoms with Gasteiger partial charge in [0.15, 0.2) is 11.5 Å². The van der Waals surface area contributed by atoms with Gasteiger partial charge < -0.3 is 9.47 Å². The van der Waals surface area contributed by atoms with Gasteiger partial charge in [-0.2, -0.15) is 0 Å². The number of hydrogen-bond donors (Lipinski definition) is 0. The molecule has 0 unspecified atom stereocenters. The van der Waals surface area contributed by atoms with Gasteiger partial charge in [0.05, 0.1) is 22.1 Å². The van der Waals surface area contributed by atoms with E-state index in [4.69, 9.17) is 9.47 Å². The SMILES string of the molecule is COc1cc(/C=C2\SC(=O)N(Cc3ccc4ccccc4c3)C2=O)cc(I)c1OCc1ccc(F)cc1. The Morgan fingerprint density at radius 2 is 1.68 bits per heavy atom. The first-order chi connectivity index (χ1) is 17.9. The highest BCUT2D eigenvalue weighted by molar-refractivity contribution is 14.1. The van der Waals surface area contributed by atoms with E-state index < -0.39 is 0 Å². The summed E-state index contributed by atoms with van der Waals surface area (Å²) in [4.78, 5) is 27.4. The molecule has 1 fully saturated rings. The molecule has 0 atom stereocenters. The van der Waals surface area contributed by atoms with Crippen molar-refractivity contribution in [2.75, 3.05) is 7.11 Å². The van der Waals surface area contributed by atoms with E-state index in [1.54, 1.807) is 24.3 Å². The number of thioether (sulfide) groups is 1. The van der Waals surface area contributed by atoms with Crippen LogP contribution in [0.2, 0.25) is 0 Å². The van der Waals surface area contributed by atoms with Crippen molar-refractivity contribution >= 4 is 62.3 Å². The minimum absolute atomic E-state index is 0.212. The van der Waals surface area contributed by atoms with Gasteiger partial charge in [0, 0.05) is 0 Å². The Balaban J connectivity index is 1.34. The molecule has 1 aliphatic rings. The first kappa shape index (κ1) is 25.3. The molecule has 5 nitrogen and oxygen atoms in total. The highest BCUT2D eigenvalue weighted by Gasteiger charge is 2.35. The molecule has 1 aliphatic heterocycles. The molecule has 1 saturated heterocycles. The lowest BCUT2D eigenvalue weighted by molar-refractivity contribution is -0.123. The van der Waals surface area contributed by atoms with Gasteiger partial charge in [0.25, 0.3) is 11.1 Å². The van der Waals surface area contributed by atoms with Gasteiger partial charge in [0.2, 0.25) is 0 Å². The normalized spacial score (nSPS) is 14.6. The molecule has 0 N–H and O–H groups in total. The maximum atomic E-state index is 13.2. The average Bonchev–Trinajstić information content (AvgIpc) is 3.16. The summed E-state index contributed by atoms with van der Waals surface area (Å²) in [5.41, 5.74) is 2.43. The van der Waals surface area contributed by atoms with Crippen LogP contribution in [0.3, 0.4) is 0 Å². The van der Waals surface area contributed by atoms with E-state index in [-0.39, 0.29) is 30.1 Å². The fraction of sp³-hybridized carbons (Fsp3) is 0.103. The predicted octanol–water partition coefficient (Wildman–Crippen LogP) is 7.41. The van der Waals surface area contributed by atoms with Gasteiger partial charge in [-0.1, -0.05) is 48.5 Å². The second-order valence-electron chi connectivity index (χ2n) is 8.40. The van der Waals surface area contributed by atoms with Crippen LogP contribution in [-0.4, -0.2) is 23.2 Å². The number of nitrogens with zero attached hydrogens (tertiary/aromatic N) is 1. The molecule has 0 aromatic heterocycles. The van der Waals surface area contributed by atoms with Crippen molar-refractivity contribution in [1.29, 1.82) is 0 Å². The Bertz CT molecular complexity index is 1540. The smallest absolute Gasteiger partial charge is 0.293 e. The lowest BCUT2D eigenvalue weighted by Crippen LogP contribution is -2.27. The van der Waals surface area contributed by atoms with Crippen molar-refractivity contribution in [2.24, 2.45) is 0 Å². The zero-order chi connectivity index (χ0) is 25.9. The number of benzene rings is 4. The number of imide groups is 1. The summed E-state index contributed by atoms with van der Waals surface area (Å²) < 4.78 is 25.4. The van der Waals surface area contributed by atoms with Crippen LogP contribution in [0.1, 0.15) is 16.7 Å². The number of halogens is 2. The Morgan fingerprint density at radius 3 is 2.43 bits per heavy atom. The summed E-state index contributed by atoms with van der Waals surface area (Å²) in [6, 6.07) is 23.6.